The lowest BCUT2D eigenvalue weighted by Crippen LogP contribution is -2.38. The minimum Gasteiger partial charge on any atom is -0.360 e. The summed E-state index contributed by atoms with van der Waals surface area (Å²) in [5, 5.41) is 6.36. The van der Waals surface area contributed by atoms with Crippen LogP contribution in [0.2, 0.25) is 0 Å². The molecule has 1 aliphatic carbocycles. The van der Waals surface area contributed by atoms with Crippen LogP contribution >= 0.6 is 0 Å². The second-order valence-electron chi connectivity index (χ2n) is 5.81. The van der Waals surface area contributed by atoms with Crippen molar-refractivity contribution in [2.45, 2.75) is 25.8 Å². The van der Waals surface area contributed by atoms with E-state index in [9.17, 15) is 9.59 Å². The van der Waals surface area contributed by atoms with Crippen LogP contribution in [0.5, 0.6) is 0 Å². The number of nitrogens with one attached hydrogen (secondary N) is 1. The summed E-state index contributed by atoms with van der Waals surface area (Å²) in [5.74, 6) is 0.538. The number of amides is 2. The van der Waals surface area contributed by atoms with Crippen molar-refractivity contribution in [2.24, 2.45) is 0 Å². The summed E-state index contributed by atoms with van der Waals surface area (Å²) in [6.07, 6.45) is 5.14. The Morgan fingerprint density at radius 3 is 2.71 bits per heavy atom. The average Bonchev–Trinajstić information content (AvgIpc) is 3.34. The van der Waals surface area contributed by atoms with Gasteiger partial charge in [0.25, 0.3) is 0 Å². The van der Waals surface area contributed by atoms with E-state index < -0.39 is 0 Å². The SMILES string of the molecule is Cc1cc(NC(=O)CN(C(=O)C=Cc2ccccc2)C2CC2)no1. The molecule has 0 spiro atoms. The highest BCUT2D eigenvalue weighted by Gasteiger charge is 2.32. The molecule has 0 radical (unpaired) electrons. The van der Waals surface area contributed by atoms with Gasteiger partial charge in [-0.1, -0.05) is 35.5 Å². The van der Waals surface area contributed by atoms with Gasteiger partial charge in [-0.25, -0.2) is 0 Å². The zero-order valence-corrected chi connectivity index (χ0v) is 13.4. The Morgan fingerprint density at radius 1 is 1.33 bits per heavy atom. The molecule has 2 amide bonds. The van der Waals surface area contributed by atoms with Crippen molar-refractivity contribution in [1.29, 1.82) is 0 Å². The number of benzene rings is 1. The van der Waals surface area contributed by atoms with E-state index in [0.717, 1.165) is 18.4 Å². The molecular formula is C18H19N3O3. The van der Waals surface area contributed by atoms with E-state index in [4.69, 9.17) is 4.52 Å². The predicted molar refractivity (Wildman–Crippen MR) is 90.1 cm³/mol. The van der Waals surface area contributed by atoms with Crippen LogP contribution in [0.1, 0.15) is 24.2 Å². The molecule has 0 unspecified atom stereocenters. The molecule has 1 fully saturated rings. The molecule has 1 heterocycles. The lowest BCUT2D eigenvalue weighted by atomic mass is 10.2. The first-order valence-corrected chi connectivity index (χ1v) is 7.89. The molecule has 2 aromatic rings. The summed E-state index contributed by atoms with van der Waals surface area (Å²) >= 11 is 0. The monoisotopic (exact) mass is 325 g/mol. The molecule has 1 saturated carbocycles. The Bertz CT molecular complexity index is 748. The van der Waals surface area contributed by atoms with Gasteiger partial charge >= 0.3 is 0 Å². The molecule has 1 aromatic carbocycles. The summed E-state index contributed by atoms with van der Waals surface area (Å²) in [4.78, 5) is 26.1. The minimum atomic E-state index is -0.281. The van der Waals surface area contributed by atoms with Gasteiger partial charge in [-0.2, -0.15) is 0 Å². The highest BCUT2D eigenvalue weighted by Crippen LogP contribution is 2.27. The standard InChI is InChI=1S/C18H19N3O3/c1-13-11-16(20-24-13)19-17(22)12-21(15-8-9-15)18(23)10-7-14-5-3-2-4-6-14/h2-7,10-11,15H,8-9,12H2,1H3,(H,19,20,22). The number of carbonyl (C=O) groups is 2. The topological polar surface area (TPSA) is 75.4 Å². The number of aromatic nitrogens is 1. The lowest BCUT2D eigenvalue weighted by molar-refractivity contribution is -0.131. The number of nitrogens with zero attached hydrogens (tertiary/aromatic N) is 2. The zero-order chi connectivity index (χ0) is 16.9. The van der Waals surface area contributed by atoms with Crippen molar-refractivity contribution in [2.75, 3.05) is 11.9 Å². The van der Waals surface area contributed by atoms with Crippen LogP contribution in [0.25, 0.3) is 6.08 Å². The normalized spacial score (nSPS) is 13.9. The van der Waals surface area contributed by atoms with Gasteiger partial charge in [0.1, 0.15) is 12.3 Å². The van der Waals surface area contributed by atoms with Crippen molar-refractivity contribution in [1.82, 2.24) is 10.1 Å². The molecular weight excluding hydrogens is 306 g/mol. The van der Waals surface area contributed by atoms with Gasteiger partial charge in [-0.3, -0.25) is 9.59 Å². The van der Waals surface area contributed by atoms with Crippen LogP contribution in [0, 0.1) is 6.92 Å². The Labute approximate surface area is 140 Å². The van der Waals surface area contributed by atoms with Gasteiger partial charge in [-0.15, -0.1) is 0 Å². The van der Waals surface area contributed by atoms with Crippen LogP contribution in [-0.2, 0) is 9.59 Å². The number of aryl methyl sites for hydroxylation is 1. The highest BCUT2D eigenvalue weighted by molar-refractivity contribution is 5.98. The maximum Gasteiger partial charge on any atom is 0.247 e. The van der Waals surface area contributed by atoms with E-state index in [1.54, 1.807) is 24.0 Å². The van der Waals surface area contributed by atoms with Gasteiger partial charge < -0.3 is 14.7 Å². The number of carbonyl (C=O) groups excluding carboxylic acids is 2. The van der Waals surface area contributed by atoms with Crippen molar-refractivity contribution < 1.29 is 14.1 Å². The van der Waals surface area contributed by atoms with Crippen LogP contribution in [0.3, 0.4) is 0 Å². The molecule has 1 N–H and O–H groups in total. The Balaban J connectivity index is 1.61. The molecule has 0 atom stereocenters. The molecule has 0 saturated heterocycles. The predicted octanol–water partition coefficient (Wildman–Crippen LogP) is 2.63. The number of anilines is 1. The second kappa shape index (κ2) is 7.12. The molecule has 0 bridgehead atoms. The first kappa shape index (κ1) is 16.0. The van der Waals surface area contributed by atoms with Crippen molar-refractivity contribution in [3.63, 3.8) is 0 Å². The molecule has 0 aliphatic heterocycles. The molecule has 124 valence electrons. The number of rotatable bonds is 6. The smallest absolute Gasteiger partial charge is 0.247 e. The Kier molecular flexibility index (Phi) is 4.74. The fourth-order valence-corrected chi connectivity index (χ4v) is 2.36. The van der Waals surface area contributed by atoms with E-state index in [2.05, 4.69) is 10.5 Å². The van der Waals surface area contributed by atoms with E-state index >= 15 is 0 Å². The lowest BCUT2D eigenvalue weighted by Gasteiger charge is -2.19. The number of hydrogen-bond acceptors (Lipinski definition) is 4. The summed E-state index contributed by atoms with van der Waals surface area (Å²) in [5.41, 5.74) is 0.948. The van der Waals surface area contributed by atoms with Gasteiger partial charge in [0, 0.05) is 18.2 Å². The molecule has 1 aromatic heterocycles. The molecule has 6 heteroatoms. The summed E-state index contributed by atoms with van der Waals surface area (Å²) in [6.45, 7) is 1.76. The number of hydrogen-bond donors (Lipinski definition) is 1. The van der Waals surface area contributed by atoms with Crippen molar-refractivity contribution in [3.05, 3.63) is 53.8 Å². The summed E-state index contributed by atoms with van der Waals surface area (Å²) in [7, 11) is 0. The van der Waals surface area contributed by atoms with Gasteiger partial charge in [-0.05, 0) is 31.4 Å². The van der Waals surface area contributed by atoms with Crippen LogP contribution in [0.4, 0.5) is 5.82 Å². The van der Waals surface area contributed by atoms with Crippen molar-refractivity contribution in [3.8, 4) is 0 Å². The Hall–Kier alpha value is -2.89. The highest BCUT2D eigenvalue weighted by atomic mass is 16.5. The Morgan fingerprint density at radius 2 is 2.08 bits per heavy atom. The molecule has 3 rings (SSSR count). The third-order valence-electron chi connectivity index (χ3n) is 3.70. The minimum absolute atomic E-state index is 0.00847. The third kappa shape index (κ3) is 4.32. The van der Waals surface area contributed by atoms with E-state index in [1.807, 2.05) is 30.3 Å². The van der Waals surface area contributed by atoms with E-state index in [1.165, 1.54) is 6.08 Å². The van der Waals surface area contributed by atoms with Crippen LogP contribution < -0.4 is 5.32 Å². The molecule has 6 nitrogen and oxygen atoms in total. The zero-order valence-electron chi connectivity index (χ0n) is 13.4. The fourth-order valence-electron chi connectivity index (χ4n) is 2.36. The van der Waals surface area contributed by atoms with Crippen LogP contribution in [0.15, 0.2) is 47.0 Å². The quantitative estimate of drug-likeness (QED) is 0.829. The largest absolute Gasteiger partial charge is 0.360 e. The molecule has 24 heavy (non-hydrogen) atoms. The maximum absolute atomic E-state index is 12.4. The second-order valence-corrected chi connectivity index (χ2v) is 5.81. The van der Waals surface area contributed by atoms with E-state index in [-0.39, 0.29) is 24.4 Å². The van der Waals surface area contributed by atoms with Gasteiger partial charge in [0.2, 0.25) is 11.8 Å². The van der Waals surface area contributed by atoms with Gasteiger partial charge in [0.15, 0.2) is 5.82 Å². The van der Waals surface area contributed by atoms with Crippen molar-refractivity contribution >= 4 is 23.7 Å². The summed E-state index contributed by atoms with van der Waals surface area (Å²) < 4.78 is 4.91. The summed E-state index contributed by atoms with van der Waals surface area (Å²) in [6, 6.07) is 11.4. The van der Waals surface area contributed by atoms with Crippen LogP contribution in [-0.4, -0.2) is 34.5 Å². The van der Waals surface area contributed by atoms with Gasteiger partial charge in [0.05, 0.1) is 0 Å². The molecule has 1 aliphatic rings. The third-order valence-corrected chi connectivity index (χ3v) is 3.70. The fraction of sp³-hybridized carbons (Fsp3) is 0.278. The first-order chi connectivity index (χ1) is 11.6. The maximum atomic E-state index is 12.4. The average molecular weight is 325 g/mol. The van der Waals surface area contributed by atoms with E-state index in [0.29, 0.717) is 11.6 Å². The first-order valence-electron chi connectivity index (χ1n) is 7.89.